The maximum Gasteiger partial charge on any atom is 0.244 e. The van der Waals surface area contributed by atoms with Crippen LogP contribution in [0.5, 0.6) is 0 Å². The van der Waals surface area contributed by atoms with Crippen LogP contribution < -0.4 is 5.73 Å². The van der Waals surface area contributed by atoms with Crippen LogP contribution in [0.4, 0.5) is 0 Å². The molecule has 0 aliphatic carbocycles. The fourth-order valence-corrected chi connectivity index (χ4v) is 2.02. The molecular weight excluding hydrogens is 230 g/mol. The van der Waals surface area contributed by atoms with Crippen molar-refractivity contribution in [3.05, 3.63) is 11.7 Å². The van der Waals surface area contributed by atoms with Gasteiger partial charge in [0.2, 0.25) is 5.89 Å². The van der Waals surface area contributed by atoms with E-state index in [-0.39, 0.29) is 17.6 Å². The van der Waals surface area contributed by atoms with Gasteiger partial charge in [0.25, 0.3) is 0 Å². The van der Waals surface area contributed by atoms with Crippen LogP contribution in [0.25, 0.3) is 0 Å². The third-order valence-corrected chi connectivity index (χ3v) is 3.37. The Morgan fingerprint density at radius 2 is 2.17 bits per heavy atom. The molecule has 1 aliphatic rings. The zero-order chi connectivity index (χ0) is 13.2. The summed E-state index contributed by atoms with van der Waals surface area (Å²) in [6.07, 6.45) is 4.41. The minimum Gasteiger partial charge on any atom is -0.378 e. The molecule has 2 N–H and O–H groups in total. The summed E-state index contributed by atoms with van der Waals surface area (Å²) >= 11 is 0. The molecule has 2 atom stereocenters. The van der Waals surface area contributed by atoms with Gasteiger partial charge in [-0.15, -0.1) is 0 Å². The van der Waals surface area contributed by atoms with Crippen LogP contribution in [0.15, 0.2) is 4.52 Å². The van der Waals surface area contributed by atoms with Crippen LogP contribution in [0.1, 0.15) is 57.8 Å². The Morgan fingerprint density at radius 1 is 1.39 bits per heavy atom. The number of hydrogen-bond acceptors (Lipinski definition) is 5. The van der Waals surface area contributed by atoms with Crippen molar-refractivity contribution in [1.29, 1.82) is 0 Å². The Morgan fingerprint density at radius 3 is 2.78 bits per heavy atom. The summed E-state index contributed by atoms with van der Waals surface area (Å²) in [6, 6.07) is -0.231. The standard InChI is InChI=1S/C13H23N3O2/c1-13(2,3)11(14)12-15-10(16-18-12)8-9-6-4-5-7-17-9/h9,11H,4-8,14H2,1-3H3. The molecule has 0 amide bonds. The fourth-order valence-electron chi connectivity index (χ4n) is 2.02. The highest BCUT2D eigenvalue weighted by molar-refractivity contribution is 4.97. The molecule has 5 heteroatoms. The molecule has 0 saturated carbocycles. The summed E-state index contributed by atoms with van der Waals surface area (Å²) in [5, 5.41) is 4.00. The number of nitrogens with zero attached hydrogens (tertiary/aromatic N) is 2. The Labute approximate surface area is 108 Å². The van der Waals surface area contributed by atoms with E-state index in [1.165, 1.54) is 6.42 Å². The second-order valence-corrected chi connectivity index (χ2v) is 6.09. The first-order chi connectivity index (χ1) is 8.47. The van der Waals surface area contributed by atoms with E-state index in [0.717, 1.165) is 25.9 Å². The Bertz CT molecular complexity index is 378. The van der Waals surface area contributed by atoms with Gasteiger partial charge in [0.1, 0.15) is 0 Å². The quantitative estimate of drug-likeness (QED) is 0.894. The van der Waals surface area contributed by atoms with E-state index >= 15 is 0 Å². The Balaban J connectivity index is 1.97. The van der Waals surface area contributed by atoms with Gasteiger partial charge in [0, 0.05) is 13.0 Å². The summed E-state index contributed by atoms with van der Waals surface area (Å²) in [6.45, 7) is 7.03. The van der Waals surface area contributed by atoms with E-state index in [0.29, 0.717) is 11.7 Å². The van der Waals surface area contributed by atoms with Crippen molar-refractivity contribution in [1.82, 2.24) is 10.1 Å². The van der Waals surface area contributed by atoms with Crippen LogP contribution in [0, 0.1) is 5.41 Å². The average Bonchev–Trinajstić information content (AvgIpc) is 2.76. The monoisotopic (exact) mass is 253 g/mol. The number of ether oxygens (including phenoxy) is 1. The van der Waals surface area contributed by atoms with E-state index < -0.39 is 0 Å². The third kappa shape index (κ3) is 3.29. The summed E-state index contributed by atoms with van der Waals surface area (Å²) in [5.41, 5.74) is 6.01. The van der Waals surface area contributed by atoms with Crippen molar-refractivity contribution >= 4 is 0 Å². The highest BCUT2D eigenvalue weighted by Gasteiger charge is 2.28. The first kappa shape index (κ1) is 13.5. The maximum atomic E-state index is 6.09. The van der Waals surface area contributed by atoms with Gasteiger partial charge in [-0.3, -0.25) is 0 Å². The topological polar surface area (TPSA) is 74.2 Å². The third-order valence-electron chi connectivity index (χ3n) is 3.37. The molecule has 0 aromatic carbocycles. The first-order valence-corrected chi connectivity index (χ1v) is 6.66. The van der Waals surface area contributed by atoms with Gasteiger partial charge in [0.05, 0.1) is 12.1 Å². The van der Waals surface area contributed by atoms with Gasteiger partial charge in [-0.05, 0) is 24.7 Å². The molecule has 5 nitrogen and oxygen atoms in total. The van der Waals surface area contributed by atoms with E-state index in [1.807, 2.05) is 0 Å². The lowest BCUT2D eigenvalue weighted by Crippen LogP contribution is -2.26. The zero-order valence-electron chi connectivity index (χ0n) is 11.5. The normalized spacial score (nSPS) is 23.0. The SMILES string of the molecule is CC(C)(C)C(N)c1nc(CC2CCCCO2)no1. The van der Waals surface area contributed by atoms with E-state index in [1.54, 1.807) is 0 Å². The predicted molar refractivity (Wildman–Crippen MR) is 68.0 cm³/mol. The summed E-state index contributed by atoms with van der Waals surface area (Å²) < 4.78 is 10.9. The predicted octanol–water partition coefficient (Wildman–Crippen LogP) is 2.23. The minimum atomic E-state index is -0.231. The van der Waals surface area contributed by atoms with Gasteiger partial charge in [0.15, 0.2) is 5.82 Å². The van der Waals surface area contributed by atoms with Crippen molar-refractivity contribution in [2.45, 2.75) is 58.6 Å². The van der Waals surface area contributed by atoms with Gasteiger partial charge in [-0.2, -0.15) is 4.98 Å². The Kier molecular flexibility index (Phi) is 4.02. The molecule has 1 aliphatic heterocycles. The Hall–Kier alpha value is -0.940. The van der Waals surface area contributed by atoms with Crippen molar-refractivity contribution < 1.29 is 9.26 Å². The highest BCUT2D eigenvalue weighted by atomic mass is 16.5. The molecule has 0 radical (unpaired) electrons. The molecule has 1 aromatic rings. The number of hydrogen-bond donors (Lipinski definition) is 1. The average molecular weight is 253 g/mol. The molecule has 0 bridgehead atoms. The number of nitrogens with two attached hydrogens (primary N) is 1. The largest absolute Gasteiger partial charge is 0.378 e. The van der Waals surface area contributed by atoms with Crippen LogP contribution in [-0.4, -0.2) is 22.9 Å². The van der Waals surface area contributed by atoms with Gasteiger partial charge in [-0.25, -0.2) is 0 Å². The summed E-state index contributed by atoms with van der Waals surface area (Å²) in [7, 11) is 0. The zero-order valence-corrected chi connectivity index (χ0v) is 11.5. The highest BCUT2D eigenvalue weighted by Crippen LogP contribution is 2.29. The lowest BCUT2D eigenvalue weighted by atomic mass is 9.87. The summed E-state index contributed by atoms with van der Waals surface area (Å²) in [5.74, 6) is 1.23. The molecular formula is C13H23N3O2. The molecule has 102 valence electrons. The molecule has 2 rings (SSSR count). The lowest BCUT2D eigenvalue weighted by molar-refractivity contribution is 0.0153. The van der Waals surface area contributed by atoms with Crippen LogP contribution in [0.2, 0.25) is 0 Å². The maximum absolute atomic E-state index is 6.09. The van der Waals surface area contributed by atoms with Crippen LogP contribution >= 0.6 is 0 Å². The molecule has 1 aromatic heterocycles. The fraction of sp³-hybridized carbons (Fsp3) is 0.846. The van der Waals surface area contributed by atoms with Gasteiger partial charge < -0.3 is 15.0 Å². The molecule has 2 unspecified atom stereocenters. The van der Waals surface area contributed by atoms with Crippen molar-refractivity contribution in [3.8, 4) is 0 Å². The van der Waals surface area contributed by atoms with Gasteiger partial charge >= 0.3 is 0 Å². The summed E-state index contributed by atoms with van der Waals surface area (Å²) in [4.78, 5) is 4.39. The second-order valence-electron chi connectivity index (χ2n) is 6.09. The van der Waals surface area contributed by atoms with Crippen molar-refractivity contribution in [2.24, 2.45) is 11.1 Å². The van der Waals surface area contributed by atoms with Gasteiger partial charge in [-0.1, -0.05) is 25.9 Å². The minimum absolute atomic E-state index is 0.0782. The van der Waals surface area contributed by atoms with Crippen LogP contribution in [0.3, 0.4) is 0 Å². The van der Waals surface area contributed by atoms with E-state index in [2.05, 4.69) is 30.9 Å². The first-order valence-electron chi connectivity index (χ1n) is 6.66. The van der Waals surface area contributed by atoms with Crippen molar-refractivity contribution in [3.63, 3.8) is 0 Å². The molecule has 1 saturated heterocycles. The van der Waals surface area contributed by atoms with E-state index in [9.17, 15) is 0 Å². The second kappa shape index (κ2) is 5.36. The van der Waals surface area contributed by atoms with Crippen molar-refractivity contribution in [2.75, 3.05) is 6.61 Å². The lowest BCUT2D eigenvalue weighted by Gasteiger charge is -2.23. The smallest absolute Gasteiger partial charge is 0.244 e. The molecule has 0 spiro atoms. The van der Waals surface area contributed by atoms with E-state index in [4.69, 9.17) is 15.0 Å². The number of rotatable bonds is 3. The van der Waals surface area contributed by atoms with Crippen LogP contribution in [-0.2, 0) is 11.2 Å². The number of aromatic nitrogens is 2. The molecule has 1 fully saturated rings. The molecule has 18 heavy (non-hydrogen) atoms. The molecule has 2 heterocycles.